The molecular formula is C11H22N2O. The summed E-state index contributed by atoms with van der Waals surface area (Å²) in [5.41, 5.74) is 6.13. The summed E-state index contributed by atoms with van der Waals surface area (Å²) in [4.78, 5) is 2.54. The maximum absolute atomic E-state index is 6.13. The minimum absolute atomic E-state index is 0.328. The average Bonchev–Trinajstić information content (AvgIpc) is 2.18. The van der Waals surface area contributed by atoms with Crippen LogP contribution in [0.25, 0.3) is 0 Å². The first-order valence-electron chi connectivity index (χ1n) is 5.85. The minimum Gasteiger partial charge on any atom is -0.380 e. The molecule has 0 aromatic rings. The molecule has 82 valence electrons. The molecular weight excluding hydrogens is 176 g/mol. The number of piperidine rings is 1. The summed E-state index contributed by atoms with van der Waals surface area (Å²) in [5.74, 6) is 0.831. The van der Waals surface area contributed by atoms with E-state index in [1.54, 1.807) is 0 Å². The van der Waals surface area contributed by atoms with Crippen LogP contribution in [0, 0.1) is 5.92 Å². The van der Waals surface area contributed by atoms with Crippen LogP contribution in [0.4, 0.5) is 0 Å². The molecule has 3 atom stereocenters. The minimum atomic E-state index is 0.328. The van der Waals surface area contributed by atoms with Crippen molar-refractivity contribution in [2.45, 2.75) is 38.3 Å². The summed E-state index contributed by atoms with van der Waals surface area (Å²) in [6.45, 7) is 6.45. The predicted molar refractivity (Wildman–Crippen MR) is 57.2 cm³/mol. The Morgan fingerprint density at radius 3 is 2.93 bits per heavy atom. The molecule has 0 spiro atoms. The van der Waals surface area contributed by atoms with Crippen molar-refractivity contribution in [3.8, 4) is 0 Å². The Balaban J connectivity index is 1.91. The highest BCUT2D eigenvalue weighted by atomic mass is 16.5. The van der Waals surface area contributed by atoms with Crippen LogP contribution in [0.1, 0.15) is 26.2 Å². The lowest BCUT2D eigenvalue weighted by Gasteiger charge is -2.41. The molecule has 3 heteroatoms. The monoisotopic (exact) mass is 198 g/mol. The highest BCUT2D eigenvalue weighted by molar-refractivity contribution is 4.87. The lowest BCUT2D eigenvalue weighted by atomic mass is 9.95. The van der Waals surface area contributed by atoms with Crippen LogP contribution in [-0.2, 0) is 4.74 Å². The summed E-state index contributed by atoms with van der Waals surface area (Å²) in [5, 5.41) is 0. The summed E-state index contributed by atoms with van der Waals surface area (Å²) in [6.07, 6.45) is 3.72. The largest absolute Gasteiger partial charge is 0.380 e. The quantitative estimate of drug-likeness (QED) is 0.678. The van der Waals surface area contributed by atoms with Crippen LogP contribution < -0.4 is 5.73 Å². The third-order valence-electron chi connectivity index (χ3n) is 3.54. The van der Waals surface area contributed by atoms with Gasteiger partial charge in [0.2, 0.25) is 0 Å². The van der Waals surface area contributed by atoms with Crippen LogP contribution in [0.3, 0.4) is 0 Å². The smallest absolute Gasteiger partial charge is 0.0636 e. The van der Waals surface area contributed by atoms with Crippen molar-refractivity contribution in [2.75, 3.05) is 26.3 Å². The Morgan fingerprint density at radius 1 is 1.36 bits per heavy atom. The first-order valence-corrected chi connectivity index (χ1v) is 5.85. The van der Waals surface area contributed by atoms with Gasteiger partial charge in [0.15, 0.2) is 0 Å². The van der Waals surface area contributed by atoms with Crippen molar-refractivity contribution >= 4 is 0 Å². The average molecular weight is 198 g/mol. The van der Waals surface area contributed by atoms with E-state index in [1.807, 2.05) is 0 Å². The fourth-order valence-corrected chi connectivity index (χ4v) is 2.64. The summed E-state index contributed by atoms with van der Waals surface area (Å²) in [7, 11) is 0. The van der Waals surface area contributed by atoms with Crippen molar-refractivity contribution in [3.63, 3.8) is 0 Å². The van der Waals surface area contributed by atoms with Gasteiger partial charge in [0.05, 0.1) is 6.61 Å². The maximum Gasteiger partial charge on any atom is 0.0636 e. The zero-order valence-corrected chi connectivity index (χ0v) is 9.11. The first kappa shape index (κ1) is 10.4. The van der Waals surface area contributed by atoms with Gasteiger partial charge in [0.1, 0.15) is 0 Å². The highest BCUT2D eigenvalue weighted by Crippen LogP contribution is 2.21. The van der Waals surface area contributed by atoms with Gasteiger partial charge in [-0.25, -0.2) is 0 Å². The number of likely N-dealkylation sites (tertiary alicyclic amines) is 1. The molecule has 0 saturated carbocycles. The van der Waals surface area contributed by atoms with Crippen molar-refractivity contribution in [1.82, 2.24) is 4.90 Å². The number of rotatable bonds is 1. The normalized spacial score (nSPS) is 41.1. The number of hydrogen-bond acceptors (Lipinski definition) is 3. The van der Waals surface area contributed by atoms with E-state index in [1.165, 1.54) is 25.9 Å². The van der Waals surface area contributed by atoms with Crippen LogP contribution >= 0.6 is 0 Å². The van der Waals surface area contributed by atoms with Crippen molar-refractivity contribution in [2.24, 2.45) is 11.7 Å². The number of nitrogens with zero attached hydrogens (tertiary/aromatic N) is 1. The fraction of sp³-hybridized carbons (Fsp3) is 1.00. The second-order valence-corrected chi connectivity index (χ2v) is 4.84. The van der Waals surface area contributed by atoms with Crippen molar-refractivity contribution in [3.05, 3.63) is 0 Å². The molecule has 2 fully saturated rings. The van der Waals surface area contributed by atoms with E-state index in [-0.39, 0.29) is 0 Å². The molecule has 14 heavy (non-hydrogen) atoms. The van der Waals surface area contributed by atoms with Gasteiger partial charge in [-0.05, 0) is 31.7 Å². The van der Waals surface area contributed by atoms with E-state index in [9.17, 15) is 0 Å². The van der Waals surface area contributed by atoms with Crippen molar-refractivity contribution in [1.29, 1.82) is 0 Å². The van der Waals surface area contributed by atoms with Crippen LogP contribution in [0.5, 0.6) is 0 Å². The first-order chi connectivity index (χ1) is 6.77. The molecule has 2 rings (SSSR count). The number of hydrogen-bond donors (Lipinski definition) is 1. The van der Waals surface area contributed by atoms with E-state index >= 15 is 0 Å². The number of ether oxygens (including phenoxy) is 1. The molecule has 0 bridgehead atoms. The highest BCUT2D eigenvalue weighted by Gasteiger charge is 2.30. The number of nitrogens with two attached hydrogens (primary N) is 1. The molecule has 2 heterocycles. The molecule has 2 N–H and O–H groups in total. The van der Waals surface area contributed by atoms with E-state index in [0.717, 1.165) is 25.6 Å². The van der Waals surface area contributed by atoms with Gasteiger partial charge in [-0.1, -0.05) is 6.92 Å². The molecule has 2 aliphatic rings. The van der Waals surface area contributed by atoms with Gasteiger partial charge in [-0.3, -0.25) is 4.90 Å². The second-order valence-electron chi connectivity index (χ2n) is 4.84. The van der Waals surface area contributed by atoms with E-state index < -0.39 is 0 Å². The van der Waals surface area contributed by atoms with Crippen LogP contribution in [0.2, 0.25) is 0 Å². The predicted octanol–water partition coefficient (Wildman–Crippen LogP) is 0.835. The molecule has 3 nitrogen and oxygen atoms in total. The third-order valence-corrected chi connectivity index (χ3v) is 3.54. The Kier molecular flexibility index (Phi) is 3.42. The molecule has 0 aliphatic carbocycles. The lowest BCUT2D eigenvalue weighted by Crippen LogP contribution is -2.55. The van der Waals surface area contributed by atoms with Gasteiger partial charge in [-0.15, -0.1) is 0 Å². The Hall–Kier alpha value is -0.120. The topological polar surface area (TPSA) is 38.5 Å². The summed E-state index contributed by atoms with van der Waals surface area (Å²) in [6, 6.07) is 0.806. The summed E-state index contributed by atoms with van der Waals surface area (Å²) >= 11 is 0. The molecule has 2 aliphatic heterocycles. The van der Waals surface area contributed by atoms with Gasteiger partial charge in [0, 0.05) is 25.2 Å². The van der Waals surface area contributed by atoms with E-state index in [2.05, 4.69) is 11.8 Å². The Labute approximate surface area is 86.6 Å². The van der Waals surface area contributed by atoms with Crippen molar-refractivity contribution < 1.29 is 4.74 Å². The van der Waals surface area contributed by atoms with Gasteiger partial charge in [-0.2, -0.15) is 0 Å². The van der Waals surface area contributed by atoms with E-state index in [0.29, 0.717) is 12.1 Å². The van der Waals surface area contributed by atoms with Crippen LogP contribution in [-0.4, -0.2) is 43.3 Å². The molecule has 2 saturated heterocycles. The third kappa shape index (κ3) is 2.27. The zero-order chi connectivity index (χ0) is 9.97. The Morgan fingerprint density at radius 2 is 2.21 bits per heavy atom. The molecule has 0 amide bonds. The van der Waals surface area contributed by atoms with Gasteiger partial charge < -0.3 is 10.5 Å². The molecule has 3 unspecified atom stereocenters. The standard InChI is InChI=1S/C11H22N2O/c1-9-3-2-5-13(7-9)11-8-14-6-4-10(11)12/h9-11H,2-8,12H2,1H3. The Bertz CT molecular complexity index is 186. The molecule has 0 radical (unpaired) electrons. The molecule has 0 aromatic carbocycles. The SMILES string of the molecule is CC1CCCN(C2COCCC2N)C1. The molecule has 0 aromatic heterocycles. The van der Waals surface area contributed by atoms with E-state index in [4.69, 9.17) is 10.5 Å². The second kappa shape index (κ2) is 4.60. The summed E-state index contributed by atoms with van der Waals surface area (Å²) < 4.78 is 5.52. The maximum atomic E-state index is 6.13. The lowest BCUT2D eigenvalue weighted by molar-refractivity contribution is -0.00795. The fourth-order valence-electron chi connectivity index (χ4n) is 2.64. The zero-order valence-electron chi connectivity index (χ0n) is 9.11. The van der Waals surface area contributed by atoms with Gasteiger partial charge >= 0.3 is 0 Å². The van der Waals surface area contributed by atoms with Crippen LogP contribution in [0.15, 0.2) is 0 Å². The van der Waals surface area contributed by atoms with Gasteiger partial charge in [0.25, 0.3) is 0 Å².